The molecule has 4 rings (SSSR count). The maximum atomic E-state index is 13.5. The van der Waals surface area contributed by atoms with Crippen molar-refractivity contribution in [2.24, 2.45) is 5.41 Å². The fraction of sp³-hybridized carbons (Fsp3) is 0.533. The lowest BCUT2D eigenvalue weighted by Crippen LogP contribution is -2.55. The Kier molecular flexibility index (Phi) is 8.51. The summed E-state index contributed by atoms with van der Waals surface area (Å²) >= 11 is 0. The summed E-state index contributed by atoms with van der Waals surface area (Å²) in [5.41, 5.74) is -4.21. The molecule has 2 aromatic rings. The van der Waals surface area contributed by atoms with Crippen LogP contribution in [-0.4, -0.2) is 41.0 Å². The van der Waals surface area contributed by atoms with Crippen molar-refractivity contribution in [3.63, 3.8) is 0 Å². The fourth-order valence-corrected chi connectivity index (χ4v) is 6.19. The van der Waals surface area contributed by atoms with Gasteiger partial charge in [-0.15, -0.1) is 0 Å². The third-order valence-corrected chi connectivity index (χ3v) is 8.76. The molecular weight excluding hydrogens is 550 g/mol. The lowest BCUT2D eigenvalue weighted by atomic mass is 9.73. The Hall–Kier alpha value is -3.08. The zero-order valence-corrected chi connectivity index (χ0v) is 22.9. The van der Waals surface area contributed by atoms with E-state index in [0.717, 1.165) is 18.5 Å². The number of carbonyl (C=O) groups excluding carboxylic acids is 1. The van der Waals surface area contributed by atoms with Crippen LogP contribution in [0.2, 0.25) is 0 Å². The van der Waals surface area contributed by atoms with E-state index in [0.29, 0.717) is 50.8 Å². The summed E-state index contributed by atoms with van der Waals surface area (Å²) in [6.07, 6.45) is -6.43. The van der Waals surface area contributed by atoms with Gasteiger partial charge < -0.3 is 10.4 Å². The van der Waals surface area contributed by atoms with Crippen LogP contribution in [0.3, 0.4) is 0 Å². The second-order valence-electron chi connectivity index (χ2n) is 11.7. The molecule has 1 amide bonds. The van der Waals surface area contributed by atoms with E-state index in [-0.39, 0.29) is 17.7 Å². The van der Waals surface area contributed by atoms with Gasteiger partial charge in [-0.2, -0.15) is 26.3 Å². The summed E-state index contributed by atoms with van der Waals surface area (Å²) in [5, 5.41) is 12.7. The monoisotopic (exact) mass is 584 g/mol. The second kappa shape index (κ2) is 11.3. The quantitative estimate of drug-likeness (QED) is 0.360. The molecule has 0 aromatic heterocycles. The molecule has 2 aromatic carbocycles. The molecule has 1 saturated heterocycles. The smallest absolute Gasteiger partial charge is 0.416 e. The SMILES string of the molecule is C[C@@H](C(=O)N[C@]1(c2ccccc2)CC[C@H](N2CCC[C@@](C)(C(=O)O)C2)CC1)c1cc(C(F)(F)F)cc(C(F)(F)F)c1. The molecule has 1 aliphatic heterocycles. The Morgan fingerprint density at radius 1 is 0.951 bits per heavy atom. The highest BCUT2D eigenvalue weighted by Crippen LogP contribution is 2.42. The molecule has 2 fully saturated rings. The van der Waals surface area contributed by atoms with Gasteiger partial charge in [0.05, 0.1) is 28.0 Å². The second-order valence-corrected chi connectivity index (χ2v) is 11.7. The van der Waals surface area contributed by atoms with Crippen LogP contribution in [0.15, 0.2) is 48.5 Å². The minimum Gasteiger partial charge on any atom is -0.481 e. The molecule has 2 atom stereocenters. The number of carbonyl (C=O) groups is 2. The van der Waals surface area contributed by atoms with E-state index in [1.54, 1.807) is 6.92 Å². The fourth-order valence-electron chi connectivity index (χ4n) is 6.19. The van der Waals surface area contributed by atoms with Crippen molar-refractivity contribution in [3.8, 4) is 0 Å². The zero-order valence-electron chi connectivity index (χ0n) is 22.9. The molecule has 1 aliphatic carbocycles. The number of piperidine rings is 1. The number of nitrogens with one attached hydrogen (secondary N) is 1. The number of hydrogen-bond acceptors (Lipinski definition) is 3. The van der Waals surface area contributed by atoms with E-state index in [1.165, 1.54) is 6.92 Å². The van der Waals surface area contributed by atoms with Crippen LogP contribution in [0.25, 0.3) is 0 Å². The van der Waals surface area contributed by atoms with Crippen molar-refractivity contribution in [2.75, 3.05) is 13.1 Å². The first-order chi connectivity index (χ1) is 19.0. The predicted molar refractivity (Wildman–Crippen MR) is 140 cm³/mol. The first-order valence-electron chi connectivity index (χ1n) is 13.7. The van der Waals surface area contributed by atoms with Crippen molar-refractivity contribution in [2.45, 2.75) is 82.2 Å². The van der Waals surface area contributed by atoms with Gasteiger partial charge in [0.15, 0.2) is 0 Å². The van der Waals surface area contributed by atoms with E-state index in [4.69, 9.17) is 0 Å². The standard InChI is InChI=1S/C30H34F6N2O3/c1-19(20-15-22(29(31,32)33)17-23(16-20)30(34,35)36)25(39)37-28(21-7-4-3-5-8-21)12-9-24(10-13-28)38-14-6-11-27(2,18-38)26(40)41/h3-5,7-8,15-17,19,24H,6,9-14,18H2,1-2H3,(H,37,39)(H,40,41)/t19-,24-,27-,28+/m1/s1. The summed E-state index contributed by atoms with van der Waals surface area (Å²) in [6, 6.07) is 10.5. The first-order valence-corrected chi connectivity index (χ1v) is 13.7. The highest BCUT2D eigenvalue weighted by Gasteiger charge is 2.44. The number of likely N-dealkylation sites (tertiary alicyclic amines) is 1. The van der Waals surface area contributed by atoms with E-state index < -0.39 is 52.2 Å². The largest absolute Gasteiger partial charge is 0.481 e. The first kappa shape index (κ1) is 30.9. The molecule has 0 spiro atoms. The number of carboxylic acid groups (broad SMARTS) is 1. The summed E-state index contributed by atoms with van der Waals surface area (Å²) in [5.74, 6) is -2.78. The van der Waals surface area contributed by atoms with Crippen LogP contribution in [0, 0.1) is 5.41 Å². The molecule has 0 unspecified atom stereocenters. The number of aliphatic carboxylic acids is 1. The predicted octanol–water partition coefficient (Wildman–Crippen LogP) is 6.97. The Balaban J connectivity index is 1.58. The Morgan fingerprint density at radius 2 is 1.51 bits per heavy atom. The average molecular weight is 585 g/mol. The Morgan fingerprint density at radius 3 is 2.02 bits per heavy atom. The van der Waals surface area contributed by atoms with Gasteiger partial charge in [0.2, 0.25) is 5.91 Å². The highest BCUT2D eigenvalue weighted by molar-refractivity contribution is 5.84. The van der Waals surface area contributed by atoms with Crippen LogP contribution >= 0.6 is 0 Å². The van der Waals surface area contributed by atoms with Crippen LogP contribution in [0.5, 0.6) is 0 Å². The average Bonchev–Trinajstić information content (AvgIpc) is 2.92. The highest BCUT2D eigenvalue weighted by atomic mass is 19.4. The molecule has 224 valence electrons. The number of halogens is 6. The maximum absolute atomic E-state index is 13.5. The van der Waals surface area contributed by atoms with Gasteiger partial charge in [-0.1, -0.05) is 30.3 Å². The van der Waals surface area contributed by atoms with Crippen molar-refractivity contribution >= 4 is 11.9 Å². The van der Waals surface area contributed by atoms with Crippen LogP contribution in [0.1, 0.15) is 80.5 Å². The minimum atomic E-state index is -5.01. The summed E-state index contributed by atoms with van der Waals surface area (Å²) < 4.78 is 80.6. The summed E-state index contributed by atoms with van der Waals surface area (Å²) in [7, 11) is 0. The molecule has 1 saturated carbocycles. The molecule has 41 heavy (non-hydrogen) atoms. The molecule has 2 aliphatic rings. The number of amides is 1. The van der Waals surface area contributed by atoms with Gasteiger partial charge in [0.1, 0.15) is 0 Å². The van der Waals surface area contributed by atoms with Crippen LogP contribution in [-0.2, 0) is 27.5 Å². The Labute approximate surface area is 234 Å². The van der Waals surface area contributed by atoms with E-state index in [2.05, 4.69) is 10.2 Å². The van der Waals surface area contributed by atoms with Crippen molar-refractivity contribution in [1.82, 2.24) is 10.2 Å². The number of hydrogen-bond donors (Lipinski definition) is 2. The normalized spacial score (nSPS) is 26.8. The third-order valence-electron chi connectivity index (χ3n) is 8.76. The number of benzene rings is 2. The molecule has 1 heterocycles. The Bertz CT molecular complexity index is 1220. The van der Waals surface area contributed by atoms with Crippen LogP contribution < -0.4 is 5.32 Å². The zero-order chi connectivity index (χ0) is 30.2. The summed E-state index contributed by atoms with van der Waals surface area (Å²) in [6.45, 7) is 4.24. The van der Waals surface area contributed by atoms with Gasteiger partial charge in [0, 0.05) is 12.6 Å². The molecule has 11 heteroatoms. The lowest BCUT2D eigenvalue weighted by Gasteiger charge is -2.47. The molecule has 0 radical (unpaired) electrons. The molecule has 5 nitrogen and oxygen atoms in total. The summed E-state index contributed by atoms with van der Waals surface area (Å²) in [4.78, 5) is 27.5. The number of carboxylic acids is 1. The number of alkyl halides is 6. The van der Waals surface area contributed by atoms with Gasteiger partial charge in [-0.3, -0.25) is 14.5 Å². The molecule has 0 bridgehead atoms. The lowest BCUT2D eigenvalue weighted by molar-refractivity contribution is -0.152. The molecular formula is C30H34F6N2O3. The van der Waals surface area contributed by atoms with Crippen molar-refractivity contribution in [1.29, 1.82) is 0 Å². The van der Waals surface area contributed by atoms with E-state index in [1.807, 2.05) is 30.3 Å². The van der Waals surface area contributed by atoms with Crippen molar-refractivity contribution in [3.05, 3.63) is 70.8 Å². The molecule has 2 N–H and O–H groups in total. The van der Waals surface area contributed by atoms with Gasteiger partial charge in [0.25, 0.3) is 0 Å². The van der Waals surface area contributed by atoms with E-state index in [9.17, 15) is 41.0 Å². The topological polar surface area (TPSA) is 69.6 Å². The van der Waals surface area contributed by atoms with Gasteiger partial charge in [-0.25, -0.2) is 0 Å². The van der Waals surface area contributed by atoms with Gasteiger partial charge >= 0.3 is 18.3 Å². The van der Waals surface area contributed by atoms with Crippen molar-refractivity contribution < 1.29 is 41.0 Å². The third kappa shape index (κ3) is 6.71. The maximum Gasteiger partial charge on any atom is 0.416 e. The number of nitrogens with zero attached hydrogens (tertiary/aromatic N) is 1. The van der Waals surface area contributed by atoms with E-state index >= 15 is 0 Å². The van der Waals surface area contributed by atoms with Crippen LogP contribution in [0.4, 0.5) is 26.3 Å². The van der Waals surface area contributed by atoms with Gasteiger partial charge in [-0.05, 0) is 88.2 Å². The minimum absolute atomic E-state index is 0.0524. The number of rotatable bonds is 6.